The molecule has 9 atom stereocenters. The lowest BCUT2D eigenvalue weighted by Gasteiger charge is -2.39. The zero-order valence-electron chi connectivity index (χ0n) is 41.4. The Morgan fingerprint density at radius 2 is 1.94 bits per heavy atom. The molecule has 3 fully saturated rings. The Bertz CT molecular complexity index is 2750. The molecule has 13 nitrogen and oxygen atoms in total. The van der Waals surface area contributed by atoms with Gasteiger partial charge in [-0.1, -0.05) is 64.3 Å². The minimum absolute atomic E-state index is 0.0527. The third-order valence-electron chi connectivity index (χ3n) is 16.4. The number of aromatic hydroxyl groups is 2. The third kappa shape index (κ3) is 9.62. The second-order valence-electron chi connectivity index (χ2n) is 21.1. The van der Waals surface area contributed by atoms with Gasteiger partial charge in [0.05, 0.1) is 23.8 Å². The first-order valence-electron chi connectivity index (χ1n) is 26.1. The lowest BCUT2D eigenvalue weighted by molar-refractivity contribution is -0.141. The van der Waals surface area contributed by atoms with Crippen molar-refractivity contribution >= 4 is 33.6 Å². The van der Waals surface area contributed by atoms with Gasteiger partial charge in [-0.15, -0.1) is 0 Å². The van der Waals surface area contributed by atoms with Crippen LogP contribution in [0.25, 0.3) is 17.2 Å². The first-order valence-corrected chi connectivity index (χ1v) is 28.5. The van der Waals surface area contributed by atoms with Crippen molar-refractivity contribution in [2.45, 2.75) is 132 Å². The summed E-state index contributed by atoms with van der Waals surface area (Å²) in [6.45, 7) is 2.65. The number of hydrogen-bond donors (Lipinski definition) is 7. The minimum Gasteiger partial charge on any atom is -0.508 e. The van der Waals surface area contributed by atoms with Crippen molar-refractivity contribution in [3.63, 3.8) is 0 Å². The monoisotopic (exact) mass is 1020 g/mol. The normalized spacial score (nSPS) is 28.6. The molecule has 2 saturated carbocycles. The molecule has 8 aliphatic rings. The number of nitrogens with two attached hydrogens (primary N) is 1. The summed E-state index contributed by atoms with van der Waals surface area (Å²) in [5, 5.41) is 45.4. The van der Waals surface area contributed by atoms with Crippen molar-refractivity contribution in [3.05, 3.63) is 92.7 Å². The van der Waals surface area contributed by atoms with Gasteiger partial charge in [0.15, 0.2) is 18.3 Å². The van der Waals surface area contributed by atoms with E-state index in [0.717, 1.165) is 124 Å². The molecule has 0 aromatic heterocycles. The van der Waals surface area contributed by atoms with E-state index in [1.165, 1.54) is 19.8 Å². The number of phenolic OH excluding ortho intramolecular Hbond substituents is 2. The molecule has 15 heteroatoms. The number of phenols is 2. The molecule has 0 amide bonds. The molecule has 3 aromatic rings. The molecular formula is C57H68N4O9S2. The molecule has 6 bridgehead atoms. The number of methoxy groups -OCH3 is 1. The molecule has 3 aliphatic carbocycles. The topological polar surface area (TPSA) is 186 Å². The second-order valence-corrected chi connectivity index (χ2v) is 23.7. The van der Waals surface area contributed by atoms with Gasteiger partial charge in [0.2, 0.25) is 0 Å². The number of allylic oxidation sites excluding steroid dienone is 3. The molecule has 1 saturated heterocycles. The average Bonchev–Trinajstić information content (AvgIpc) is 3.87. The summed E-state index contributed by atoms with van der Waals surface area (Å²) in [7, 11) is 5.50. The smallest absolute Gasteiger partial charge is 0.302 e. The summed E-state index contributed by atoms with van der Waals surface area (Å²) < 4.78 is 32.4. The lowest BCUT2D eigenvalue weighted by Crippen LogP contribution is -2.49. The Kier molecular flexibility index (Phi) is 14.6. The number of aliphatic hydroxyl groups is 1. The Morgan fingerprint density at radius 1 is 1.06 bits per heavy atom. The van der Waals surface area contributed by atoms with Crippen molar-refractivity contribution in [2.75, 3.05) is 45.2 Å². The van der Waals surface area contributed by atoms with Gasteiger partial charge >= 0.3 is 5.97 Å². The molecular weight excluding hydrogens is 949 g/mol. The van der Waals surface area contributed by atoms with Crippen LogP contribution in [0.4, 0.5) is 0 Å². The van der Waals surface area contributed by atoms with Gasteiger partial charge in [-0.3, -0.25) is 4.79 Å². The number of carbonyl (C=O) groups excluding carboxylic acids is 1. The molecule has 0 radical (unpaired) electrons. The van der Waals surface area contributed by atoms with Crippen LogP contribution < -0.4 is 35.9 Å². The van der Waals surface area contributed by atoms with Gasteiger partial charge in [0, 0.05) is 96.0 Å². The summed E-state index contributed by atoms with van der Waals surface area (Å²) in [5.41, 5.74) is 15.9. The van der Waals surface area contributed by atoms with E-state index in [1.54, 1.807) is 13.2 Å². The Labute approximate surface area is 430 Å². The molecule has 1 spiro atoms. The highest BCUT2D eigenvalue weighted by molar-refractivity contribution is 8.76. The summed E-state index contributed by atoms with van der Waals surface area (Å²) in [6, 6.07) is 7.89. The van der Waals surface area contributed by atoms with Crippen LogP contribution in [-0.4, -0.2) is 90.8 Å². The van der Waals surface area contributed by atoms with Crippen molar-refractivity contribution in [2.24, 2.45) is 17.6 Å². The van der Waals surface area contributed by atoms with Gasteiger partial charge in [0.25, 0.3) is 0 Å². The second kappa shape index (κ2) is 21.2. The minimum atomic E-state index is -0.701. The predicted molar refractivity (Wildman–Crippen MR) is 282 cm³/mol. The maximum absolute atomic E-state index is 12.9. The average molecular weight is 1020 g/mol. The van der Waals surface area contributed by atoms with E-state index in [2.05, 4.69) is 58.2 Å². The van der Waals surface area contributed by atoms with E-state index in [9.17, 15) is 20.1 Å². The first-order chi connectivity index (χ1) is 35.1. The summed E-state index contributed by atoms with van der Waals surface area (Å²) in [5.74, 6) is 10.8. The van der Waals surface area contributed by atoms with Gasteiger partial charge in [-0.2, -0.15) is 0 Å². The largest absolute Gasteiger partial charge is 0.508 e. The Hall–Kier alpha value is -4.79. The van der Waals surface area contributed by atoms with Crippen molar-refractivity contribution in [1.82, 2.24) is 16.0 Å². The van der Waals surface area contributed by atoms with E-state index in [-0.39, 0.29) is 48.6 Å². The molecule has 11 rings (SSSR count). The Balaban J connectivity index is 1.15. The standard InChI is InChI=1S/C57H68N4O9S2/c1-32(63)67-28-44-40-12-13-41-50-36(23-38(64)24-47(50)68-31-62)26-57-18-17-33(25-57)21-35-11-16-49(58)61-45(35)10-6-9-39-43(27-59-19-3-4-20-66-2)53(65)56-42(51(39)54(44)70-55(40)52(41)57)14-15-46-48(69-56)30-72-71-29-34-7-5-8-37(22-34)60-46/h11-16,23-24,33-34,37,44,46,48-49,54,59-62,64-65H,3-5,7-9,17-22,25-31,58H2,1-2H3/t33-,34-,37+,44+,46+,48-,49?,54+,57-/m1/s1. The van der Waals surface area contributed by atoms with E-state index in [4.69, 9.17) is 29.4 Å². The predicted octanol–water partition coefficient (Wildman–Crippen LogP) is 8.32. The van der Waals surface area contributed by atoms with Crippen molar-refractivity contribution < 1.29 is 43.8 Å². The van der Waals surface area contributed by atoms with Gasteiger partial charge in [0.1, 0.15) is 36.1 Å². The fourth-order valence-electron chi connectivity index (χ4n) is 13.3. The van der Waals surface area contributed by atoms with Crippen LogP contribution in [0.5, 0.6) is 28.7 Å². The van der Waals surface area contributed by atoms with Crippen LogP contribution in [0.15, 0.2) is 53.8 Å². The number of esters is 1. The molecule has 382 valence electrons. The molecule has 5 heterocycles. The molecule has 3 aromatic carbocycles. The SMILES string of the molecule is COCCCCNCc1c(O)c2c(c3c1CC#CC1=C(C=CC(N)N1)C[C@H]1CC[C@]4(Cc5cc(O)cc(OCO)c5-c5ccc6c(c54)O[C@H]3[C@H]6COC(C)=O)C1)C=C[C@@H]1N[C@H]3CCC[C@@H](CSSC[C@H]1O2)C3. The van der Waals surface area contributed by atoms with E-state index in [0.29, 0.717) is 55.1 Å². The molecule has 72 heavy (non-hydrogen) atoms. The number of ether oxygens (including phenoxy) is 5. The maximum atomic E-state index is 12.9. The number of nitrogens with one attached hydrogen (secondary N) is 3. The van der Waals surface area contributed by atoms with E-state index in [1.807, 2.05) is 33.7 Å². The van der Waals surface area contributed by atoms with Crippen LogP contribution >= 0.6 is 21.6 Å². The van der Waals surface area contributed by atoms with Crippen LogP contribution in [0.2, 0.25) is 0 Å². The number of fused-ring (bicyclic) bond motifs is 11. The van der Waals surface area contributed by atoms with Crippen molar-refractivity contribution in [1.29, 1.82) is 0 Å². The lowest BCUT2D eigenvalue weighted by atomic mass is 9.65. The fourth-order valence-corrected chi connectivity index (χ4v) is 15.9. The number of benzene rings is 3. The molecule has 1 unspecified atom stereocenters. The quantitative estimate of drug-likeness (QED) is 0.0320. The van der Waals surface area contributed by atoms with E-state index < -0.39 is 30.4 Å². The van der Waals surface area contributed by atoms with Crippen molar-refractivity contribution in [3.8, 4) is 51.7 Å². The summed E-state index contributed by atoms with van der Waals surface area (Å²) in [6.07, 6.45) is 18.0. The zero-order chi connectivity index (χ0) is 49.5. The number of unbranched alkanes of at least 4 members (excludes halogenated alkanes) is 1. The van der Waals surface area contributed by atoms with Crippen LogP contribution in [-0.2, 0) is 39.1 Å². The number of rotatable bonds is 11. The zero-order valence-corrected chi connectivity index (χ0v) is 43.0. The number of aliphatic hydroxyl groups excluding tert-OH is 1. The molecule has 8 N–H and O–H groups in total. The Morgan fingerprint density at radius 3 is 2.81 bits per heavy atom. The third-order valence-corrected chi connectivity index (χ3v) is 19.0. The van der Waals surface area contributed by atoms with Gasteiger partial charge in [-0.05, 0) is 123 Å². The number of dihydropyridines is 1. The summed E-state index contributed by atoms with van der Waals surface area (Å²) in [4.78, 5) is 12.9. The van der Waals surface area contributed by atoms with Crippen LogP contribution in [0, 0.1) is 23.7 Å². The number of carbonyl (C=O) groups is 1. The van der Waals surface area contributed by atoms with E-state index >= 15 is 0 Å². The van der Waals surface area contributed by atoms with Crippen LogP contribution in [0.1, 0.15) is 122 Å². The van der Waals surface area contributed by atoms with Gasteiger partial charge < -0.3 is 60.7 Å². The highest BCUT2D eigenvalue weighted by atomic mass is 33.1. The highest BCUT2D eigenvalue weighted by Gasteiger charge is 2.52. The first kappa shape index (κ1) is 49.4. The van der Waals surface area contributed by atoms with Crippen LogP contribution in [0.3, 0.4) is 0 Å². The van der Waals surface area contributed by atoms with Gasteiger partial charge in [-0.25, -0.2) is 0 Å². The highest BCUT2D eigenvalue weighted by Crippen LogP contribution is 2.63. The maximum Gasteiger partial charge on any atom is 0.302 e. The molecule has 5 aliphatic heterocycles. The summed E-state index contributed by atoms with van der Waals surface area (Å²) >= 11 is 0. The number of hydrogen-bond acceptors (Lipinski definition) is 15. The fraction of sp³-hybridized carbons (Fsp3) is 0.526.